The standard InChI is InChI=1S/C40H40N2O9Si.C32H34N2O7Si/c1-4-40(51-39(46)50-24-26-12-6-5-7-13-26)31-22-33-35-29(23-42(33)36(43)30(31)25-49-38(40)45)27(28-14-8-9-15-32(28)41-35)17-21-52(2,3)20-11-19-48-37(44)34-16-10-18-47-34;1-4-32(38)24-17-26-28-22(18-34(26)29(35)23(24)19-41-31(32)37)20(21-9-5-6-10-25(21)33-28)12-16-42(2,3)15-8-14-40-30(36)27-11-7-13-39-27/h5-10,12-16,18,22H,4,11,17,19-21,23-25H2,1-3H3;5-7,9-11,13,17,38H,4,8,12,14-16,18-19H2,1-3H3/t40-;32-/m00/s1. The molecule has 0 spiro atoms. The number of carbonyl (C=O) groups excluding carboxylic acids is 5. The lowest BCUT2D eigenvalue weighted by Crippen LogP contribution is -2.47. The summed E-state index contributed by atoms with van der Waals surface area (Å²) in [4.78, 5) is 101. The smallest absolute Gasteiger partial charge is 0.460 e. The Morgan fingerprint density at radius 3 is 1.53 bits per heavy atom. The second-order valence-corrected chi connectivity index (χ2v) is 36.6. The average molecular weight is 1310 g/mol. The molecule has 4 aliphatic heterocycles. The van der Waals surface area contributed by atoms with Crippen molar-refractivity contribution in [3.63, 3.8) is 0 Å². The Labute approximate surface area is 543 Å². The van der Waals surface area contributed by atoms with E-state index in [1.807, 2.05) is 66.7 Å². The van der Waals surface area contributed by atoms with Gasteiger partial charge in [-0.2, -0.15) is 0 Å². The lowest BCUT2D eigenvalue weighted by molar-refractivity contribution is -0.175. The van der Waals surface area contributed by atoms with Crippen molar-refractivity contribution in [2.75, 3.05) is 13.2 Å². The maximum atomic E-state index is 14.2. The molecule has 0 unspecified atom stereocenters. The molecule has 2 atom stereocenters. The van der Waals surface area contributed by atoms with Crippen LogP contribution >= 0.6 is 0 Å². The Balaban J connectivity index is 0.000000185. The van der Waals surface area contributed by atoms with Crippen LogP contribution in [0.3, 0.4) is 0 Å². The summed E-state index contributed by atoms with van der Waals surface area (Å²) >= 11 is 0. The number of pyridine rings is 4. The highest BCUT2D eigenvalue weighted by molar-refractivity contribution is 6.77. The fourth-order valence-corrected chi connectivity index (χ4v) is 17.9. The molecule has 4 aliphatic rings. The van der Waals surface area contributed by atoms with E-state index in [9.17, 15) is 38.7 Å². The van der Waals surface area contributed by atoms with Crippen molar-refractivity contribution in [1.29, 1.82) is 0 Å². The lowest BCUT2D eigenvalue weighted by atomic mass is 9.85. The van der Waals surface area contributed by atoms with E-state index in [4.69, 9.17) is 47.2 Å². The molecule has 6 aromatic heterocycles. The van der Waals surface area contributed by atoms with E-state index in [1.54, 1.807) is 59.4 Å². The molecule has 0 saturated heterocycles. The zero-order valence-electron chi connectivity index (χ0n) is 53.5. The summed E-state index contributed by atoms with van der Waals surface area (Å²) in [5.74, 6) is -1.97. The third kappa shape index (κ3) is 12.6. The van der Waals surface area contributed by atoms with Gasteiger partial charge in [0.1, 0.15) is 19.8 Å². The summed E-state index contributed by atoms with van der Waals surface area (Å²) in [6.45, 7) is 13.7. The van der Waals surface area contributed by atoms with Crippen LogP contribution in [0.25, 0.3) is 44.6 Å². The van der Waals surface area contributed by atoms with Gasteiger partial charge in [-0.05, 0) is 104 Å². The van der Waals surface area contributed by atoms with Crippen LogP contribution in [0.1, 0.15) is 111 Å². The Morgan fingerprint density at radius 2 is 1.04 bits per heavy atom. The van der Waals surface area contributed by atoms with Gasteiger partial charge in [-0.15, -0.1) is 0 Å². The zero-order valence-corrected chi connectivity index (χ0v) is 55.5. The summed E-state index contributed by atoms with van der Waals surface area (Å²) in [5.41, 5.74) is 6.22. The van der Waals surface area contributed by atoms with Crippen molar-refractivity contribution >= 4 is 68.0 Å². The first-order chi connectivity index (χ1) is 45.2. The summed E-state index contributed by atoms with van der Waals surface area (Å²) < 4.78 is 46.3. The number of aliphatic hydroxyl groups is 1. The number of hydrogen-bond acceptors (Lipinski definition) is 18. The maximum absolute atomic E-state index is 14.2. The van der Waals surface area contributed by atoms with Gasteiger partial charge in [0.2, 0.25) is 17.1 Å². The molecule has 0 bridgehead atoms. The molecule has 0 aliphatic carbocycles. The van der Waals surface area contributed by atoms with Crippen LogP contribution in [-0.2, 0) is 95.0 Å². The second kappa shape index (κ2) is 26.5. The second-order valence-electron chi connectivity index (χ2n) is 25.9. The SMILES string of the molecule is CC[C@@]1(O)C(=O)OCc2c1cc1n(c2=O)Cc2c-1nc1ccccc1c2CC[Si](C)(C)CCCOC(=O)c1ccco1.CC[C@@]1(OC(=O)OCc2ccccc2)C(=O)OCc2c1cc1n(c2=O)Cc2c-1nc1ccccc1c2CC[Si](C)(C)CCCOC(=O)c1ccco1. The van der Waals surface area contributed by atoms with Crippen molar-refractivity contribution in [3.8, 4) is 22.8 Å². The van der Waals surface area contributed by atoms with E-state index in [0.29, 0.717) is 60.1 Å². The highest BCUT2D eigenvalue weighted by Gasteiger charge is 2.51. The van der Waals surface area contributed by atoms with E-state index in [2.05, 4.69) is 38.3 Å². The van der Waals surface area contributed by atoms with Gasteiger partial charge in [-0.25, -0.2) is 33.9 Å². The monoisotopic (exact) mass is 1310 g/mol. The number of para-hydroxylation sites is 2. The Bertz CT molecular complexity index is 4540. The summed E-state index contributed by atoms with van der Waals surface area (Å²) in [5, 5.41) is 13.3. The van der Waals surface area contributed by atoms with Crippen LogP contribution in [0.15, 0.2) is 146 Å². The topological polar surface area (TPSA) is 257 Å². The number of esters is 4. The van der Waals surface area contributed by atoms with Crippen LogP contribution in [0.2, 0.25) is 50.4 Å². The van der Waals surface area contributed by atoms with E-state index in [1.165, 1.54) is 18.1 Å². The minimum absolute atomic E-state index is 0.0349. The van der Waals surface area contributed by atoms with E-state index in [0.717, 1.165) is 99.6 Å². The van der Waals surface area contributed by atoms with Crippen molar-refractivity contribution in [3.05, 3.63) is 210 Å². The number of benzene rings is 3. The van der Waals surface area contributed by atoms with Crippen molar-refractivity contribution in [2.24, 2.45) is 0 Å². The molecule has 0 fully saturated rings. The molecule has 0 saturated carbocycles. The highest BCUT2D eigenvalue weighted by Crippen LogP contribution is 2.44. The number of cyclic esters (lactones) is 2. The highest BCUT2D eigenvalue weighted by atomic mass is 28.3. The predicted octanol–water partition coefficient (Wildman–Crippen LogP) is 12.7. The Morgan fingerprint density at radius 1 is 0.564 bits per heavy atom. The quantitative estimate of drug-likeness (QED) is 0.0303. The van der Waals surface area contributed by atoms with Crippen LogP contribution in [0, 0.1) is 0 Å². The third-order valence-corrected chi connectivity index (χ3v) is 25.5. The molecule has 0 amide bonds. The number of fused-ring (bicyclic) bond motifs is 10. The number of hydrogen-bond donors (Lipinski definition) is 1. The molecule has 10 heterocycles. The van der Waals surface area contributed by atoms with Crippen LogP contribution in [0.5, 0.6) is 0 Å². The first-order valence-corrected chi connectivity index (χ1v) is 38.8. The van der Waals surface area contributed by atoms with Crippen LogP contribution < -0.4 is 11.1 Å². The summed E-state index contributed by atoms with van der Waals surface area (Å²) in [6, 6.07) is 39.1. The fourth-order valence-electron chi connectivity index (χ4n) is 13.4. The van der Waals surface area contributed by atoms with Crippen LogP contribution in [0.4, 0.5) is 4.79 Å². The predicted molar refractivity (Wildman–Crippen MR) is 353 cm³/mol. The van der Waals surface area contributed by atoms with Gasteiger partial charge in [-0.1, -0.05) is 131 Å². The Hall–Kier alpha value is -9.52. The number of rotatable bonds is 21. The van der Waals surface area contributed by atoms with E-state index in [-0.39, 0.29) is 60.9 Å². The molecule has 22 heteroatoms. The number of aromatic nitrogens is 4. The molecule has 20 nitrogen and oxygen atoms in total. The van der Waals surface area contributed by atoms with Crippen molar-refractivity contribution in [2.45, 2.75) is 147 Å². The van der Waals surface area contributed by atoms with E-state index < -0.39 is 57.4 Å². The molecular formula is C72H74N4O16Si2. The molecule has 3 aromatic carbocycles. The lowest BCUT2D eigenvalue weighted by Gasteiger charge is -2.35. The van der Waals surface area contributed by atoms with Crippen molar-refractivity contribution in [1.82, 2.24) is 19.1 Å². The molecular weight excluding hydrogens is 1230 g/mol. The molecule has 9 aromatic rings. The van der Waals surface area contributed by atoms with Gasteiger partial charge < -0.3 is 51.5 Å². The number of aryl methyl sites for hydroxylation is 2. The van der Waals surface area contributed by atoms with Gasteiger partial charge >= 0.3 is 30.0 Å². The normalized spacial score (nSPS) is 16.7. The maximum Gasteiger partial charge on any atom is 0.510 e. The molecule has 486 valence electrons. The Kier molecular flexibility index (Phi) is 18.2. The van der Waals surface area contributed by atoms with Gasteiger partial charge in [0.25, 0.3) is 11.1 Å². The van der Waals surface area contributed by atoms with Crippen LogP contribution in [-0.4, -0.2) is 83.6 Å². The van der Waals surface area contributed by atoms with E-state index >= 15 is 0 Å². The zero-order chi connectivity index (χ0) is 66.1. The van der Waals surface area contributed by atoms with Crippen molar-refractivity contribution < 1.29 is 66.3 Å². The largest absolute Gasteiger partial charge is 0.510 e. The van der Waals surface area contributed by atoms with Gasteiger partial charge in [0.15, 0.2) is 5.60 Å². The first kappa shape index (κ1) is 64.6. The van der Waals surface area contributed by atoms with Gasteiger partial charge in [0, 0.05) is 49.2 Å². The summed E-state index contributed by atoms with van der Waals surface area (Å²) in [7, 11) is -3.43. The fraction of sp³-hybridized carbons (Fsp3) is 0.347. The molecule has 1 N–H and O–H groups in total. The minimum Gasteiger partial charge on any atom is -0.460 e. The number of carbonyl (C=O) groups is 5. The third-order valence-electron chi connectivity index (χ3n) is 18.9. The van der Waals surface area contributed by atoms with Gasteiger partial charge in [-0.3, -0.25) is 9.59 Å². The summed E-state index contributed by atoms with van der Waals surface area (Å²) in [6.07, 6.45) is 5.17. The number of nitrogens with zero attached hydrogens (tertiary/aromatic N) is 4. The molecule has 13 rings (SSSR count). The molecule has 0 radical (unpaired) electrons. The average Bonchev–Trinajstić information content (AvgIpc) is 1.54. The first-order valence-electron chi connectivity index (χ1n) is 32.0. The minimum atomic E-state index is -1.86. The molecule has 94 heavy (non-hydrogen) atoms. The number of ether oxygens (including phenoxy) is 6. The van der Waals surface area contributed by atoms with Gasteiger partial charge in [0.05, 0.1) is 83.8 Å². The number of furan rings is 2.